The fraction of sp³-hybridized carbons (Fsp3) is 0.188. The van der Waals surface area contributed by atoms with Gasteiger partial charge >= 0.3 is 0 Å². The zero-order valence-corrected chi connectivity index (χ0v) is 13.1. The van der Waals surface area contributed by atoms with Gasteiger partial charge in [0.1, 0.15) is 11.5 Å². The van der Waals surface area contributed by atoms with Gasteiger partial charge < -0.3 is 4.57 Å². The fourth-order valence-electron chi connectivity index (χ4n) is 2.35. The van der Waals surface area contributed by atoms with Gasteiger partial charge in [-0.05, 0) is 48.9 Å². The van der Waals surface area contributed by atoms with Crippen LogP contribution in [0, 0.1) is 5.82 Å². The lowest BCUT2D eigenvalue weighted by molar-refractivity contribution is 0.571. The van der Waals surface area contributed by atoms with Gasteiger partial charge in [0, 0.05) is 30.9 Å². The second-order valence-corrected chi connectivity index (χ2v) is 6.90. The van der Waals surface area contributed by atoms with Crippen molar-refractivity contribution in [2.45, 2.75) is 17.9 Å². The quantitative estimate of drug-likeness (QED) is 0.705. The van der Waals surface area contributed by atoms with Crippen LogP contribution >= 0.6 is 0 Å². The van der Waals surface area contributed by atoms with Crippen molar-refractivity contribution in [3.63, 3.8) is 0 Å². The summed E-state index contributed by atoms with van der Waals surface area (Å²) in [6, 6.07) is 10.6. The molecule has 0 radical (unpaired) electrons. The van der Waals surface area contributed by atoms with Crippen molar-refractivity contribution in [2.24, 2.45) is 0 Å². The van der Waals surface area contributed by atoms with E-state index in [1.54, 1.807) is 6.20 Å². The molecule has 0 spiro atoms. The molecule has 1 N–H and O–H groups in total. The Hall–Kier alpha value is -2.25. The smallest absolute Gasteiger partial charge is 0.240 e. The largest absolute Gasteiger partial charge is 0.332 e. The Morgan fingerprint density at radius 2 is 1.91 bits per heavy atom. The molecule has 2 heterocycles. The van der Waals surface area contributed by atoms with Crippen molar-refractivity contribution < 1.29 is 12.8 Å². The van der Waals surface area contributed by atoms with Gasteiger partial charge in [-0.3, -0.25) is 0 Å². The van der Waals surface area contributed by atoms with Crippen LogP contribution < -0.4 is 4.72 Å². The normalized spacial score (nSPS) is 11.9. The van der Waals surface area contributed by atoms with Crippen LogP contribution in [0.2, 0.25) is 0 Å². The Labute approximate surface area is 133 Å². The first-order chi connectivity index (χ1) is 11.1. The molecule has 0 aliphatic heterocycles. The molecule has 0 amide bonds. The van der Waals surface area contributed by atoms with Crippen molar-refractivity contribution in [1.82, 2.24) is 14.3 Å². The van der Waals surface area contributed by atoms with Crippen molar-refractivity contribution in [2.75, 3.05) is 6.54 Å². The minimum atomic E-state index is -3.60. The Morgan fingerprint density at radius 3 is 2.70 bits per heavy atom. The number of aromatic nitrogens is 2. The summed E-state index contributed by atoms with van der Waals surface area (Å²) in [7, 11) is -3.60. The van der Waals surface area contributed by atoms with E-state index in [9.17, 15) is 12.8 Å². The molecule has 0 saturated heterocycles. The van der Waals surface area contributed by atoms with Crippen LogP contribution in [0.4, 0.5) is 4.39 Å². The van der Waals surface area contributed by atoms with Crippen LogP contribution in [0.1, 0.15) is 6.42 Å². The third-order valence-electron chi connectivity index (χ3n) is 3.51. The minimum Gasteiger partial charge on any atom is -0.332 e. The number of halogens is 1. The average molecular weight is 333 g/mol. The van der Waals surface area contributed by atoms with E-state index in [2.05, 4.69) is 9.71 Å². The molecule has 0 saturated carbocycles. The molecule has 0 fully saturated rings. The van der Waals surface area contributed by atoms with E-state index in [1.165, 1.54) is 12.1 Å². The number of pyridine rings is 1. The Bertz CT molecular complexity index is 904. The molecular formula is C16H16FN3O2S. The summed E-state index contributed by atoms with van der Waals surface area (Å²) >= 11 is 0. The van der Waals surface area contributed by atoms with E-state index in [1.807, 2.05) is 29.0 Å². The van der Waals surface area contributed by atoms with Crippen LogP contribution in [0.3, 0.4) is 0 Å². The number of nitrogens with one attached hydrogen (secondary N) is 1. The van der Waals surface area contributed by atoms with Gasteiger partial charge in [-0.1, -0.05) is 0 Å². The van der Waals surface area contributed by atoms with Crippen LogP contribution in [-0.2, 0) is 16.6 Å². The summed E-state index contributed by atoms with van der Waals surface area (Å²) < 4.78 is 41.5. The van der Waals surface area contributed by atoms with E-state index in [0.717, 1.165) is 23.2 Å². The van der Waals surface area contributed by atoms with Gasteiger partial charge in [0.05, 0.1) is 4.90 Å². The molecule has 2 aromatic heterocycles. The molecule has 120 valence electrons. The minimum absolute atomic E-state index is 0.0620. The standard InChI is InChI=1S/C16H16FN3O2S/c17-14-4-6-15(7-5-14)23(21,22)19-10-2-11-20-12-8-13-3-1-9-18-16(13)20/h1,3-9,12,19H,2,10-11H2. The molecular weight excluding hydrogens is 317 g/mol. The van der Waals surface area contributed by atoms with Gasteiger partial charge in [-0.25, -0.2) is 22.5 Å². The number of hydrogen-bond acceptors (Lipinski definition) is 3. The first kappa shape index (κ1) is 15.6. The zero-order chi connectivity index (χ0) is 16.3. The van der Waals surface area contributed by atoms with Gasteiger partial charge in [0.15, 0.2) is 0 Å². The summed E-state index contributed by atoms with van der Waals surface area (Å²) in [6.45, 7) is 0.957. The molecule has 1 aromatic carbocycles. The highest BCUT2D eigenvalue weighted by molar-refractivity contribution is 7.89. The van der Waals surface area contributed by atoms with E-state index in [0.29, 0.717) is 19.5 Å². The monoisotopic (exact) mass is 333 g/mol. The summed E-state index contributed by atoms with van der Waals surface area (Å²) in [5.74, 6) is -0.462. The molecule has 3 aromatic rings. The average Bonchev–Trinajstić information content (AvgIpc) is 2.95. The van der Waals surface area contributed by atoms with Crippen LogP contribution in [-0.4, -0.2) is 24.5 Å². The molecule has 23 heavy (non-hydrogen) atoms. The third kappa shape index (κ3) is 3.57. The molecule has 7 heteroatoms. The predicted octanol–water partition coefficient (Wildman–Crippen LogP) is 2.54. The number of sulfonamides is 1. The Kier molecular flexibility index (Phi) is 4.40. The van der Waals surface area contributed by atoms with Crippen LogP contribution in [0.5, 0.6) is 0 Å². The molecule has 0 aliphatic rings. The first-order valence-electron chi connectivity index (χ1n) is 7.21. The molecule has 0 bridgehead atoms. The van der Waals surface area contributed by atoms with Crippen molar-refractivity contribution in [3.8, 4) is 0 Å². The number of aryl methyl sites for hydroxylation is 1. The van der Waals surface area contributed by atoms with E-state index in [4.69, 9.17) is 0 Å². The van der Waals surface area contributed by atoms with E-state index in [-0.39, 0.29) is 4.90 Å². The second kappa shape index (κ2) is 6.47. The maximum atomic E-state index is 12.8. The van der Waals surface area contributed by atoms with Gasteiger partial charge in [0.25, 0.3) is 0 Å². The zero-order valence-electron chi connectivity index (χ0n) is 12.3. The lowest BCUT2D eigenvalue weighted by atomic mass is 10.3. The lowest BCUT2D eigenvalue weighted by Crippen LogP contribution is -2.25. The SMILES string of the molecule is O=S(=O)(NCCCn1ccc2cccnc21)c1ccc(F)cc1. The highest BCUT2D eigenvalue weighted by Crippen LogP contribution is 2.13. The molecule has 0 aliphatic carbocycles. The first-order valence-corrected chi connectivity index (χ1v) is 8.70. The van der Waals surface area contributed by atoms with Crippen LogP contribution in [0.25, 0.3) is 11.0 Å². The highest BCUT2D eigenvalue weighted by atomic mass is 32.2. The summed E-state index contributed by atoms with van der Waals surface area (Å²) in [4.78, 5) is 4.38. The second-order valence-electron chi connectivity index (χ2n) is 5.13. The number of rotatable bonds is 6. The number of fused-ring (bicyclic) bond motifs is 1. The summed E-state index contributed by atoms with van der Waals surface area (Å²) in [6.07, 6.45) is 4.29. The summed E-state index contributed by atoms with van der Waals surface area (Å²) in [5.41, 5.74) is 0.883. The molecule has 0 unspecified atom stereocenters. The molecule has 0 atom stereocenters. The highest BCUT2D eigenvalue weighted by Gasteiger charge is 2.13. The molecule has 3 rings (SSSR count). The topological polar surface area (TPSA) is 64.0 Å². The number of nitrogens with zero attached hydrogens (tertiary/aromatic N) is 2. The Balaban J connectivity index is 1.58. The third-order valence-corrected chi connectivity index (χ3v) is 4.99. The lowest BCUT2D eigenvalue weighted by Gasteiger charge is -2.08. The Morgan fingerprint density at radius 1 is 1.13 bits per heavy atom. The number of hydrogen-bond donors (Lipinski definition) is 1. The molecule has 5 nitrogen and oxygen atoms in total. The van der Waals surface area contributed by atoms with Gasteiger partial charge in [-0.2, -0.15) is 0 Å². The number of benzene rings is 1. The van der Waals surface area contributed by atoms with Crippen molar-refractivity contribution >= 4 is 21.1 Å². The maximum absolute atomic E-state index is 12.8. The van der Waals surface area contributed by atoms with Gasteiger partial charge in [0.2, 0.25) is 10.0 Å². The predicted molar refractivity (Wildman–Crippen MR) is 85.9 cm³/mol. The fourth-order valence-corrected chi connectivity index (χ4v) is 3.43. The maximum Gasteiger partial charge on any atom is 0.240 e. The van der Waals surface area contributed by atoms with Crippen molar-refractivity contribution in [1.29, 1.82) is 0 Å². The van der Waals surface area contributed by atoms with E-state index < -0.39 is 15.8 Å². The van der Waals surface area contributed by atoms with Crippen LogP contribution in [0.15, 0.2) is 59.8 Å². The van der Waals surface area contributed by atoms with E-state index >= 15 is 0 Å². The van der Waals surface area contributed by atoms with Gasteiger partial charge in [-0.15, -0.1) is 0 Å². The summed E-state index contributed by atoms with van der Waals surface area (Å²) in [5, 5.41) is 1.05. The van der Waals surface area contributed by atoms with Crippen molar-refractivity contribution in [3.05, 3.63) is 60.7 Å².